The van der Waals surface area contributed by atoms with Gasteiger partial charge in [-0.3, -0.25) is 9.48 Å². The van der Waals surface area contributed by atoms with Crippen LogP contribution in [0, 0.1) is 24.5 Å². The number of rotatable bonds is 4. The zero-order valence-corrected chi connectivity index (χ0v) is 13.7. The normalized spacial score (nSPS) is 17.3. The first kappa shape index (κ1) is 16.4. The van der Waals surface area contributed by atoms with Gasteiger partial charge >= 0.3 is 0 Å². The van der Waals surface area contributed by atoms with Crippen LogP contribution in [0.5, 0.6) is 0 Å². The first-order chi connectivity index (χ1) is 11.4. The number of nitrogens with one attached hydrogen (secondary N) is 1. The fourth-order valence-electron chi connectivity index (χ4n) is 3.07. The van der Waals surface area contributed by atoms with Crippen molar-refractivity contribution in [3.63, 3.8) is 0 Å². The van der Waals surface area contributed by atoms with Crippen LogP contribution < -0.4 is 10.2 Å². The molecule has 0 radical (unpaired) electrons. The topological polar surface area (TPSA) is 50.2 Å². The van der Waals surface area contributed by atoms with Gasteiger partial charge in [-0.15, -0.1) is 0 Å². The molecule has 24 heavy (non-hydrogen) atoms. The summed E-state index contributed by atoms with van der Waals surface area (Å²) < 4.78 is 27.9. The van der Waals surface area contributed by atoms with Crippen molar-refractivity contribution in [1.29, 1.82) is 0 Å². The standard InChI is InChI=1S/C17H20F2N4O/c1-11-7-16(22(2)21-11)17(24)20-9-12-5-6-23(10-12)13-3-4-14(18)15(19)8-13/h3-4,7-8,12H,5-6,9-10H2,1-2H3,(H,20,24). The molecule has 0 aliphatic carbocycles. The van der Waals surface area contributed by atoms with E-state index in [0.29, 0.717) is 24.5 Å². The number of nitrogens with zero attached hydrogens (tertiary/aromatic N) is 3. The van der Waals surface area contributed by atoms with Gasteiger partial charge in [-0.2, -0.15) is 5.10 Å². The van der Waals surface area contributed by atoms with Gasteiger partial charge in [-0.25, -0.2) is 8.78 Å². The monoisotopic (exact) mass is 334 g/mol. The molecule has 1 fully saturated rings. The van der Waals surface area contributed by atoms with Gasteiger partial charge in [0.25, 0.3) is 5.91 Å². The fourth-order valence-corrected chi connectivity index (χ4v) is 3.07. The molecule has 1 aromatic heterocycles. The Kier molecular flexibility index (Phi) is 4.51. The predicted octanol–water partition coefficient (Wildman–Crippen LogP) is 2.26. The Morgan fingerprint density at radius 3 is 2.79 bits per heavy atom. The largest absolute Gasteiger partial charge is 0.371 e. The molecule has 1 aliphatic heterocycles. The lowest BCUT2D eigenvalue weighted by atomic mass is 10.1. The molecule has 2 heterocycles. The lowest BCUT2D eigenvalue weighted by Gasteiger charge is -2.19. The third-order valence-electron chi connectivity index (χ3n) is 4.34. The van der Waals surface area contributed by atoms with Crippen LogP contribution in [-0.4, -0.2) is 35.3 Å². The first-order valence-electron chi connectivity index (χ1n) is 7.93. The van der Waals surface area contributed by atoms with E-state index in [1.807, 2.05) is 11.8 Å². The smallest absolute Gasteiger partial charge is 0.269 e. The molecule has 0 bridgehead atoms. The Morgan fingerprint density at radius 1 is 1.33 bits per heavy atom. The molecular formula is C17H20F2N4O. The zero-order chi connectivity index (χ0) is 17.3. The van der Waals surface area contributed by atoms with Gasteiger partial charge in [0.05, 0.1) is 5.69 Å². The minimum absolute atomic E-state index is 0.149. The SMILES string of the molecule is Cc1cc(C(=O)NCC2CCN(c3ccc(F)c(F)c3)C2)n(C)n1. The molecule has 1 unspecified atom stereocenters. The number of carbonyl (C=O) groups is 1. The molecule has 1 aromatic carbocycles. The molecule has 0 saturated carbocycles. The number of anilines is 1. The number of amides is 1. The molecule has 1 amide bonds. The number of halogens is 2. The van der Waals surface area contributed by atoms with Crippen molar-refractivity contribution in [3.8, 4) is 0 Å². The van der Waals surface area contributed by atoms with Crippen LogP contribution in [0.15, 0.2) is 24.3 Å². The van der Waals surface area contributed by atoms with Crippen LogP contribution in [0.4, 0.5) is 14.5 Å². The number of benzene rings is 1. The molecule has 1 aliphatic rings. The van der Waals surface area contributed by atoms with Gasteiger partial charge in [0.2, 0.25) is 0 Å². The molecule has 1 N–H and O–H groups in total. The second kappa shape index (κ2) is 6.59. The van der Waals surface area contributed by atoms with E-state index in [1.54, 1.807) is 23.9 Å². The third-order valence-corrected chi connectivity index (χ3v) is 4.34. The summed E-state index contributed by atoms with van der Waals surface area (Å²) in [6.07, 6.45) is 0.893. The van der Waals surface area contributed by atoms with Gasteiger partial charge in [-0.05, 0) is 37.5 Å². The Hall–Kier alpha value is -2.44. The van der Waals surface area contributed by atoms with E-state index >= 15 is 0 Å². The molecule has 1 atom stereocenters. The van der Waals surface area contributed by atoms with Crippen molar-refractivity contribution in [2.24, 2.45) is 13.0 Å². The molecule has 0 spiro atoms. The van der Waals surface area contributed by atoms with Crippen molar-refractivity contribution in [2.75, 3.05) is 24.5 Å². The van der Waals surface area contributed by atoms with Gasteiger partial charge in [0, 0.05) is 38.4 Å². The van der Waals surface area contributed by atoms with Crippen molar-refractivity contribution >= 4 is 11.6 Å². The fraction of sp³-hybridized carbons (Fsp3) is 0.412. The van der Waals surface area contributed by atoms with E-state index < -0.39 is 11.6 Å². The summed E-state index contributed by atoms with van der Waals surface area (Å²) in [6, 6.07) is 5.69. The van der Waals surface area contributed by atoms with Crippen LogP contribution in [-0.2, 0) is 7.05 Å². The quantitative estimate of drug-likeness (QED) is 0.933. The van der Waals surface area contributed by atoms with Crippen molar-refractivity contribution < 1.29 is 13.6 Å². The van der Waals surface area contributed by atoms with Gasteiger partial charge in [0.15, 0.2) is 11.6 Å². The average Bonchev–Trinajstić information content (AvgIpc) is 3.14. The molecule has 128 valence electrons. The maximum Gasteiger partial charge on any atom is 0.269 e. The van der Waals surface area contributed by atoms with Gasteiger partial charge in [-0.1, -0.05) is 0 Å². The van der Waals surface area contributed by atoms with Crippen molar-refractivity contribution in [1.82, 2.24) is 15.1 Å². The summed E-state index contributed by atoms with van der Waals surface area (Å²) >= 11 is 0. The minimum atomic E-state index is -0.840. The van der Waals surface area contributed by atoms with Crippen LogP contribution in [0.3, 0.4) is 0 Å². The van der Waals surface area contributed by atoms with Crippen molar-refractivity contribution in [2.45, 2.75) is 13.3 Å². The van der Waals surface area contributed by atoms with E-state index in [2.05, 4.69) is 10.4 Å². The van der Waals surface area contributed by atoms with E-state index in [4.69, 9.17) is 0 Å². The molecular weight excluding hydrogens is 314 g/mol. The van der Waals surface area contributed by atoms with Crippen molar-refractivity contribution in [3.05, 3.63) is 47.3 Å². The van der Waals surface area contributed by atoms with Gasteiger partial charge in [0.1, 0.15) is 5.69 Å². The second-order valence-corrected chi connectivity index (χ2v) is 6.20. The van der Waals surface area contributed by atoms with E-state index in [1.165, 1.54) is 6.07 Å². The van der Waals surface area contributed by atoms with Crippen LogP contribution in [0.1, 0.15) is 22.6 Å². The third kappa shape index (κ3) is 3.39. The number of aryl methyl sites for hydroxylation is 2. The first-order valence-corrected chi connectivity index (χ1v) is 7.93. The Balaban J connectivity index is 1.55. The highest BCUT2D eigenvalue weighted by Crippen LogP contribution is 2.25. The van der Waals surface area contributed by atoms with Crippen LogP contribution in [0.2, 0.25) is 0 Å². The minimum Gasteiger partial charge on any atom is -0.371 e. The lowest BCUT2D eigenvalue weighted by Crippen LogP contribution is -2.32. The van der Waals surface area contributed by atoms with E-state index in [0.717, 1.165) is 24.7 Å². The number of hydrogen-bond acceptors (Lipinski definition) is 3. The Labute approximate surface area is 139 Å². The maximum absolute atomic E-state index is 13.3. The molecule has 1 saturated heterocycles. The second-order valence-electron chi connectivity index (χ2n) is 6.20. The Morgan fingerprint density at radius 2 is 2.12 bits per heavy atom. The van der Waals surface area contributed by atoms with Gasteiger partial charge < -0.3 is 10.2 Å². The molecule has 2 aromatic rings. The number of aromatic nitrogens is 2. The number of carbonyl (C=O) groups excluding carboxylic acids is 1. The average molecular weight is 334 g/mol. The summed E-state index contributed by atoms with van der Waals surface area (Å²) in [6.45, 7) is 3.85. The zero-order valence-electron chi connectivity index (χ0n) is 13.7. The van der Waals surface area contributed by atoms with E-state index in [-0.39, 0.29) is 11.8 Å². The molecule has 5 nitrogen and oxygen atoms in total. The highest BCUT2D eigenvalue weighted by Gasteiger charge is 2.24. The summed E-state index contributed by atoms with van der Waals surface area (Å²) in [5, 5.41) is 7.09. The summed E-state index contributed by atoms with van der Waals surface area (Å²) in [5.41, 5.74) is 2.00. The highest BCUT2D eigenvalue weighted by molar-refractivity contribution is 5.92. The Bertz CT molecular complexity index is 759. The van der Waals surface area contributed by atoms with E-state index in [9.17, 15) is 13.6 Å². The maximum atomic E-state index is 13.3. The summed E-state index contributed by atoms with van der Waals surface area (Å²) in [4.78, 5) is 14.2. The highest BCUT2D eigenvalue weighted by atomic mass is 19.2. The van der Waals surface area contributed by atoms with Crippen LogP contribution >= 0.6 is 0 Å². The number of hydrogen-bond donors (Lipinski definition) is 1. The summed E-state index contributed by atoms with van der Waals surface area (Å²) in [7, 11) is 1.74. The lowest BCUT2D eigenvalue weighted by molar-refractivity contribution is 0.0939. The molecule has 3 rings (SSSR count). The molecule has 7 heteroatoms. The predicted molar refractivity (Wildman–Crippen MR) is 87.0 cm³/mol. The van der Waals surface area contributed by atoms with Crippen LogP contribution in [0.25, 0.3) is 0 Å². The summed E-state index contributed by atoms with van der Waals surface area (Å²) in [5.74, 6) is -1.55.